The monoisotopic (exact) mass is 210 g/mol. The number of nitrogens with zero attached hydrogens (tertiary/aromatic N) is 1. The van der Waals surface area contributed by atoms with Crippen LogP contribution in [-0.2, 0) is 4.79 Å². The molecule has 1 rings (SSSR count). The third-order valence-corrected chi connectivity index (χ3v) is 2.16. The fraction of sp³-hybridized carbons (Fsp3) is 0.875. The molecule has 1 fully saturated rings. The van der Waals surface area contributed by atoms with Gasteiger partial charge in [0.2, 0.25) is 5.91 Å². The molecular formula is C8H13F3N2O. The zero-order chi connectivity index (χ0) is 10.8. The minimum absolute atomic E-state index is 0.0242. The van der Waals surface area contributed by atoms with Gasteiger partial charge in [-0.2, -0.15) is 13.2 Å². The predicted octanol–water partition coefficient (Wildman–Crippen LogP) is 1.11. The first-order valence-electron chi connectivity index (χ1n) is 4.49. The van der Waals surface area contributed by atoms with Crippen molar-refractivity contribution >= 4 is 5.91 Å². The molecule has 0 aromatic rings. The van der Waals surface area contributed by atoms with Crippen molar-refractivity contribution in [1.82, 2.24) is 10.2 Å². The smallest absolute Gasteiger partial charge is 0.329 e. The van der Waals surface area contributed by atoms with Crippen LogP contribution in [0.25, 0.3) is 0 Å². The second kappa shape index (κ2) is 4.16. The molecule has 1 amide bonds. The summed E-state index contributed by atoms with van der Waals surface area (Å²) in [5.41, 5.74) is 0. The maximum absolute atomic E-state index is 11.8. The first-order valence-corrected chi connectivity index (χ1v) is 4.49. The Hall–Kier alpha value is -0.780. The van der Waals surface area contributed by atoms with E-state index in [4.69, 9.17) is 0 Å². The van der Waals surface area contributed by atoms with Crippen molar-refractivity contribution in [3.05, 3.63) is 0 Å². The van der Waals surface area contributed by atoms with Gasteiger partial charge in [0.05, 0.1) is 12.7 Å². The highest BCUT2D eigenvalue weighted by Gasteiger charge is 2.30. The van der Waals surface area contributed by atoms with Crippen molar-refractivity contribution in [3.63, 3.8) is 0 Å². The molecule has 0 aromatic heterocycles. The van der Waals surface area contributed by atoms with Crippen molar-refractivity contribution in [2.75, 3.05) is 13.2 Å². The van der Waals surface area contributed by atoms with Crippen LogP contribution in [0.1, 0.15) is 19.8 Å². The van der Waals surface area contributed by atoms with E-state index in [1.54, 1.807) is 6.92 Å². The van der Waals surface area contributed by atoms with Crippen molar-refractivity contribution in [1.29, 1.82) is 0 Å². The van der Waals surface area contributed by atoms with Gasteiger partial charge in [-0.3, -0.25) is 10.1 Å². The molecule has 0 saturated carbocycles. The summed E-state index contributed by atoms with van der Waals surface area (Å²) in [4.78, 5) is 12.7. The van der Waals surface area contributed by atoms with Crippen LogP contribution >= 0.6 is 0 Å². The van der Waals surface area contributed by atoms with Crippen LogP contribution in [0.4, 0.5) is 13.2 Å². The van der Waals surface area contributed by atoms with Crippen molar-refractivity contribution in [2.24, 2.45) is 0 Å². The summed E-state index contributed by atoms with van der Waals surface area (Å²) in [5, 5.41) is 2.86. The molecule has 1 unspecified atom stereocenters. The highest BCUT2D eigenvalue weighted by molar-refractivity contribution is 5.83. The van der Waals surface area contributed by atoms with Gasteiger partial charge in [0, 0.05) is 13.0 Å². The first-order chi connectivity index (χ1) is 6.40. The topological polar surface area (TPSA) is 32.3 Å². The molecule has 6 heteroatoms. The minimum Gasteiger partial charge on any atom is -0.329 e. The lowest BCUT2D eigenvalue weighted by molar-refractivity contribution is -0.139. The number of carbonyl (C=O) groups excluding carboxylic acids is 1. The van der Waals surface area contributed by atoms with E-state index >= 15 is 0 Å². The van der Waals surface area contributed by atoms with Gasteiger partial charge < -0.3 is 4.90 Å². The van der Waals surface area contributed by atoms with Gasteiger partial charge in [-0.05, 0) is 13.3 Å². The SMILES string of the molecule is CC1NCN(CCCC(F)(F)F)C1=O. The summed E-state index contributed by atoms with van der Waals surface area (Å²) < 4.78 is 35.4. The number of alkyl halides is 3. The average Bonchev–Trinajstić information content (AvgIpc) is 2.33. The molecule has 1 aliphatic rings. The number of hydrogen-bond donors (Lipinski definition) is 1. The van der Waals surface area contributed by atoms with Crippen molar-refractivity contribution in [3.8, 4) is 0 Å². The molecule has 1 N–H and O–H groups in total. The van der Waals surface area contributed by atoms with Gasteiger partial charge in [-0.1, -0.05) is 0 Å². The summed E-state index contributed by atoms with van der Waals surface area (Å²) in [7, 11) is 0. The Morgan fingerprint density at radius 2 is 2.21 bits per heavy atom. The van der Waals surface area contributed by atoms with E-state index in [1.807, 2.05) is 0 Å². The number of rotatable bonds is 3. The molecule has 0 aromatic carbocycles. The van der Waals surface area contributed by atoms with Gasteiger partial charge in [-0.15, -0.1) is 0 Å². The Morgan fingerprint density at radius 1 is 1.57 bits per heavy atom. The van der Waals surface area contributed by atoms with E-state index in [9.17, 15) is 18.0 Å². The van der Waals surface area contributed by atoms with Crippen LogP contribution in [0.5, 0.6) is 0 Å². The van der Waals surface area contributed by atoms with E-state index in [0.29, 0.717) is 6.67 Å². The molecule has 1 saturated heterocycles. The van der Waals surface area contributed by atoms with Crippen LogP contribution in [0, 0.1) is 0 Å². The molecule has 3 nitrogen and oxygen atoms in total. The van der Waals surface area contributed by atoms with Crippen LogP contribution in [-0.4, -0.2) is 36.2 Å². The maximum Gasteiger partial charge on any atom is 0.389 e. The Bertz CT molecular complexity index is 217. The zero-order valence-electron chi connectivity index (χ0n) is 7.90. The van der Waals surface area contributed by atoms with Crippen LogP contribution < -0.4 is 5.32 Å². The lowest BCUT2D eigenvalue weighted by Crippen LogP contribution is -2.30. The lowest BCUT2D eigenvalue weighted by Gasteiger charge is -2.15. The van der Waals surface area contributed by atoms with E-state index < -0.39 is 12.6 Å². The van der Waals surface area contributed by atoms with E-state index in [1.165, 1.54) is 4.90 Å². The molecule has 0 spiro atoms. The second-order valence-corrected chi connectivity index (χ2v) is 3.40. The van der Waals surface area contributed by atoms with E-state index in [0.717, 1.165) is 0 Å². The predicted molar refractivity (Wildman–Crippen MR) is 44.5 cm³/mol. The number of carbonyl (C=O) groups is 1. The zero-order valence-corrected chi connectivity index (χ0v) is 7.90. The molecule has 1 atom stereocenters. The highest BCUT2D eigenvalue weighted by Crippen LogP contribution is 2.21. The van der Waals surface area contributed by atoms with E-state index in [-0.39, 0.29) is 24.9 Å². The first kappa shape index (κ1) is 11.3. The summed E-state index contributed by atoms with van der Waals surface area (Å²) in [6.07, 6.45) is -4.98. The molecule has 0 bridgehead atoms. The minimum atomic E-state index is -4.12. The molecule has 0 aliphatic carbocycles. The Labute approximate surface area is 80.3 Å². The molecule has 82 valence electrons. The normalized spacial score (nSPS) is 23.3. The lowest BCUT2D eigenvalue weighted by atomic mass is 10.3. The van der Waals surface area contributed by atoms with Crippen LogP contribution in [0.3, 0.4) is 0 Å². The molecule has 1 heterocycles. The van der Waals surface area contributed by atoms with Crippen LogP contribution in [0.15, 0.2) is 0 Å². The average molecular weight is 210 g/mol. The molecule has 1 aliphatic heterocycles. The third kappa shape index (κ3) is 3.17. The Kier molecular flexibility index (Phi) is 3.36. The Balaban J connectivity index is 2.23. The highest BCUT2D eigenvalue weighted by atomic mass is 19.4. The molecule has 14 heavy (non-hydrogen) atoms. The van der Waals surface area contributed by atoms with Gasteiger partial charge in [0.1, 0.15) is 0 Å². The quantitative estimate of drug-likeness (QED) is 0.756. The third-order valence-electron chi connectivity index (χ3n) is 2.16. The largest absolute Gasteiger partial charge is 0.389 e. The maximum atomic E-state index is 11.8. The van der Waals surface area contributed by atoms with Gasteiger partial charge in [-0.25, -0.2) is 0 Å². The van der Waals surface area contributed by atoms with Gasteiger partial charge in [0.25, 0.3) is 0 Å². The Morgan fingerprint density at radius 3 is 2.64 bits per heavy atom. The number of nitrogens with one attached hydrogen (secondary N) is 1. The van der Waals surface area contributed by atoms with Crippen molar-refractivity contribution < 1.29 is 18.0 Å². The standard InChI is InChI=1S/C8H13F3N2O/c1-6-7(14)13(5-12-6)4-2-3-8(9,10)11/h6,12H,2-5H2,1H3. The fourth-order valence-electron chi connectivity index (χ4n) is 1.35. The molecular weight excluding hydrogens is 197 g/mol. The summed E-state index contributed by atoms with van der Waals surface area (Å²) in [5.74, 6) is -0.118. The van der Waals surface area contributed by atoms with E-state index in [2.05, 4.69) is 5.32 Å². The number of amides is 1. The summed E-state index contributed by atoms with van der Waals surface area (Å²) >= 11 is 0. The second-order valence-electron chi connectivity index (χ2n) is 3.40. The molecule has 0 radical (unpaired) electrons. The van der Waals surface area contributed by atoms with Gasteiger partial charge >= 0.3 is 6.18 Å². The van der Waals surface area contributed by atoms with Crippen molar-refractivity contribution in [2.45, 2.75) is 32.0 Å². The summed E-state index contributed by atoms with van der Waals surface area (Å²) in [6.45, 7) is 2.24. The number of halogens is 3. The summed E-state index contributed by atoms with van der Waals surface area (Å²) in [6, 6.07) is -0.263. The van der Waals surface area contributed by atoms with Crippen LogP contribution in [0.2, 0.25) is 0 Å². The van der Waals surface area contributed by atoms with Gasteiger partial charge in [0.15, 0.2) is 0 Å². The number of hydrogen-bond acceptors (Lipinski definition) is 2. The fourth-order valence-corrected chi connectivity index (χ4v) is 1.35.